The first-order valence-corrected chi connectivity index (χ1v) is 7.59. The first-order chi connectivity index (χ1) is 11.4. The quantitative estimate of drug-likeness (QED) is 0.765. The Morgan fingerprint density at radius 3 is 2.44 bits per heavy atom. The molecular weight excluding hydrogens is 352 g/mol. The molecule has 1 saturated carbocycles. The Morgan fingerprint density at radius 2 is 1.92 bits per heavy atom. The summed E-state index contributed by atoms with van der Waals surface area (Å²) in [6.07, 6.45) is -8.03. The summed E-state index contributed by atoms with van der Waals surface area (Å²) in [5.74, 6) is 0. The molecule has 1 aliphatic carbocycles. The van der Waals surface area contributed by atoms with Gasteiger partial charge in [0.05, 0.1) is 11.5 Å². The van der Waals surface area contributed by atoms with Crippen LogP contribution in [0.3, 0.4) is 0 Å². The van der Waals surface area contributed by atoms with E-state index in [1.54, 1.807) is 0 Å². The third-order valence-corrected chi connectivity index (χ3v) is 4.27. The van der Waals surface area contributed by atoms with E-state index in [0.717, 1.165) is 12.3 Å². The lowest BCUT2D eigenvalue weighted by Crippen LogP contribution is -2.39. The summed E-state index contributed by atoms with van der Waals surface area (Å²) in [5, 5.41) is 4.70. The summed E-state index contributed by atoms with van der Waals surface area (Å²) in [5.41, 5.74) is -2.61. The number of nitrogens with one attached hydrogen (secondary N) is 2. The summed E-state index contributed by atoms with van der Waals surface area (Å²) in [6.45, 7) is 1.30. The van der Waals surface area contributed by atoms with E-state index in [4.69, 9.17) is 0 Å². The van der Waals surface area contributed by atoms with Crippen LogP contribution in [-0.2, 0) is 6.18 Å². The molecule has 0 saturated heterocycles. The minimum Gasteiger partial charge on any atom is -0.338 e. The highest BCUT2D eigenvalue weighted by Gasteiger charge is 2.62. The fourth-order valence-electron chi connectivity index (χ4n) is 2.44. The first-order valence-electron chi connectivity index (χ1n) is 7.59. The largest absolute Gasteiger partial charge is 0.433 e. The Kier molecular flexibility index (Phi) is 5.19. The van der Waals surface area contributed by atoms with Gasteiger partial charge in [-0.15, -0.1) is 0 Å². The Balaban J connectivity index is 1.85. The highest BCUT2D eigenvalue weighted by Crippen LogP contribution is 2.59. The molecule has 0 radical (unpaired) electrons. The molecule has 0 spiro atoms. The highest BCUT2D eigenvalue weighted by atomic mass is 19.4. The molecule has 140 valence electrons. The van der Waals surface area contributed by atoms with Crippen LogP contribution >= 0.6 is 0 Å². The van der Waals surface area contributed by atoms with Gasteiger partial charge in [0.25, 0.3) is 0 Å². The minimum atomic E-state index is -4.60. The van der Waals surface area contributed by atoms with Gasteiger partial charge in [-0.05, 0) is 43.9 Å². The van der Waals surface area contributed by atoms with Gasteiger partial charge in [-0.25, -0.2) is 4.79 Å². The van der Waals surface area contributed by atoms with E-state index < -0.39 is 35.5 Å². The molecule has 2 rings (SSSR count). The molecule has 1 heterocycles. The minimum absolute atomic E-state index is 0.0490. The predicted molar refractivity (Wildman–Crippen MR) is 76.5 cm³/mol. The van der Waals surface area contributed by atoms with Crippen molar-refractivity contribution in [2.75, 3.05) is 6.54 Å². The summed E-state index contributed by atoms with van der Waals surface area (Å²) in [7, 11) is 0. The van der Waals surface area contributed by atoms with Gasteiger partial charge in [0.1, 0.15) is 5.69 Å². The van der Waals surface area contributed by atoms with E-state index in [2.05, 4.69) is 15.6 Å². The lowest BCUT2D eigenvalue weighted by Gasteiger charge is -2.20. The summed E-state index contributed by atoms with van der Waals surface area (Å²) < 4.78 is 76.1. The van der Waals surface area contributed by atoms with Crippen molar-refractivity contribution in [2.24, 2.45) is 5.41 Å². The standard InChI is InChI=1S/C15H17F6N3O/c1-9(10-2-6-22-11(8-10)14(16,17)18)24-12(25)23-7-5-13(3-4-13)15(19,20)21/h2,6,8-9H,3-5,7H2,1H3,(H2,23,24,25)/t9-/m0/s1. The number of hydrogen-bond acceptors (Lipinski definition) is 2. The zero-order chi connectivity index (χ0) is 18.9. The van der Waals surface area contributed by atoms with Gasteiger partial charge < -0.3 is 10.6 Å². The number of rotatable bonds is 5. The van der Waals surface area contributed by atoms with Gasteiger partial charge >= 0.3 is 18.4 Å². The topological polar surface area (TPSA) is 54.0 Å². The van der Waals surface area contributed by atoms with Crippen molar-refractivity contribution in [1.82, 2.24) is 15.6 Å². The smallest absolute Gasteiger partial charge is 0.338 e. The fourth-order valence-corrected chi connectivity index (χ4v) is 2.44. The Bertz CT molecular complexity index is 624. The van der Waals surface area contributed by atoms with Gasteiger partial charge in [0, 0.05) is 12.7 Å². The second-order valence-electron chi connectivity index (χ2n) is 6.12. The van der Waals surface area contributed by atoms with Gasteiger partial charge in [0.15, 0.2) is 0 Å². The van der Waals surface area contributed by atoms with Crippen molar-refractivity contribution in [3.8, 4) is 0 Å². The predicted octanol–water partition coefficient (Wildman–Crippen LogP) is 4.19. The summed E-state index contributed by atoms with van der Waals surface area (Å²) in [6, 6.07) is 0.633. The van der Waals surface area contributed by atoms with Gasteiger partial charge in [-0.3, -0.25) is 4.98 Å². The number of halogens is 6. The van der Waals surface area contributed by atoms with Crippen LogP contribution in [0, 0.1) is 5.41 Å². The molecule has 2 N–H and O–H groups in total. The third kappa shape index (κ3) is 4.76. The number of alkyl halides is 6. The lowest BCUT2D eigenvalue weighted by molar-refractivity contribution is -0.188. The van der Waals surface area contributed by atoms with Crippen molar-refractivity contribution in [2.45, 2.75) is 44.6 Å². The molecule has 1 aromatic rings. The SMILES string of the molecule is C[C@H](NC(=O)NCCC1(C(F)(F)F)CC1)c1ccnc(C(F)(F)F)c1. The van der Waals surface area contributed by atoms with Crippen molar-refractivity contribution < 1.29 is 31.1 Å². The second-order valence-corrected chi connectivity index (χ2v) is 6.12. The molecule has 0 bridgehead atoms. The number of pyridine rings is 1. The van der Waals surface area contributed by atoms with Crippen LogP contribution in [-0.4, -0.2) is 23.7 Å². The Morgan fingerprint density at radius 1 is 1.28 bits per heavy atom. The molecule has 2 amide bonds. The third-order valence-electron chi connectivity index (χ3n) is 4.27. The summed E-state index contributed by atoms with van der Waals surface area (Å²) >= 11 is 0. The number of hydrogen-bond donors (Lipinski definition) is 2. The molecule has 4 nitrogen and oxygen atoms in total. The molecule has 1 aromatic heterocycles. The zero-order valence-electron chi connectivity index (χ0n) is 13.3. The normalized spacial score (nSPS) is 17.7. The van der Waals surface area contributed by atoms with Crippen molar-refractivity contribution in [3.05, 3.63) is 29.6 Å². The highest BCUT2D eigenvalue weighted by molar-refractivity contribution is 5.74. The Labute approximate surface area is 140 Å². The lowest BCUT2D eigenvalue weighted by atomic mass is 10.0. The fraction of sp³-hybridized carbons (Fsp3) is 0.600. The number of urea groups is 1. The van der Waals surface area contributed by atoms with Gasteiger partial charge in [-0.1, -0.05) is 0 Å². The zero-order valence-corrected chi connectivity index (χ0v) is 13.3. The number of aromatic nitrogens is 1. The van der Waals surface area contributed by atoms with E-state index in [0.29, 0.717) is 0 Å². The van der Waals surface area contributed by atoms with Crippen molar-refractivity contribution in [1.29, 1.82) is 0 Å². The maximum absolute atomic E-state index is 12.8. The molecule has 10 heteroatoms. The van der Waals surface area contributed by atoms with Crippen LogP contribution in [0.4, 0.5) is 31.1 Å². The molecule has 25 heavy (non-hydrogen) atoms. The van der Waals surface area contributed by atoms with E-state index in [1.807, 2.05) is 0 Å². The van der Waals surface area contributed by atoms with Crippen LogP contribution in [0.25, 0.3) is 0 Å². The van der Waals surface area contributed by atoms with Crippen LogP contribution in [0.5, 0.6) is 0 Å². The molecule has 0 aliphatic heterocycles. The van der Waals surface area contributed by atoms with Gasteiger partial charge in [-0.2, -0.15) is 26.3 Å². The Hall–Kier alpha value is -2.00. The molecule has 0 unspecified atom stereocenters. The van der Waals surface area contributed by atoms with E-state index in [-0.39, 0.29) is 31.4 Å². The molecular formula is C15H17F6N3O. The van der Waals surface area contributed by atoms with Gasteiger partial charge in [0.2, 0.25) is 0 Å². The average molecular weight is 369 g/mol. The van der Waals surface area contributed by atoms with Crippen molar-refractivity contribution >= 4 is 6.03 Å². The van der Waals surface area contributed by atoms with Crippen LogP contribution in [0.2, 0.25) is 0 Å². The van der Waals surface area contributed by atoms with Crippen LogP contribution < -0.4 is 10.6 Å². The molecule has 1 atom stereocenters. The van der Waals surface area contributed by atoms with E-state index in [9.17, 15) is 31.1 Å². The summed E-state index contributed by atoms with van der Waals surface area (Å²) in [4.78, 5) is 14.9. The number of nitrogens with zero attached hydrogens (tertiary/aromatic N) is 1. The molecule has 1 aliphatic rings. The van der Waals surface area contributed by atoms with E-state index in [1.165, 1.54) is 13.0 Å². The monoisotopic (exact) mass is 369 g/mol. The maximum atomic E-state index is 12.8. The number of carbonyl (C=O) groups excluding carboxylic acids is 1. The first kappa shape index (κ1) is 19.3. The van der Waals surface area contributed by atoms with Crippen LogP contribution in [0.15, 0.2) is 18.3 Å². The molecule has 1 fully saturated rings. The second kappa shape index (κ2) is 6.72. The molecule has 0 aromatic carbocycles. The van der Waals surface area contributed by atoms with Crippen LogP contribution in [0.1, 0.15) is 43.5 Å². The number of amides is 2. The average Bonchev–Trinajstić information content (AvgIpc) is 3.27. The van der Waals surface area contributed by atoms with E-state index >= 15 is 0 Å². The van der Waals surface area contributed by atoms with Crippen molar-refractivity contribution in [3.63, 3.8) is 0 Å². The number of carbonyl (C=O) groups is 1. The maximum Gasteiger partial charge on any atom is 0.433 e.